The van der Waals surface area contributed by atoms with Crippen LogP contribution in [-0.2, 0) is 38.0 Å². The molecular weight excluding hydrogens is 416 g/mol. The molecule has 0 aliphatic heterocycles. The van der Waals surface area contributed by atoms with E-state index in [1.54, 1.807) is 18.2 Å². The summed E-state index contributed by atoms with van der Waals surface area (Å²) < 4.78 is 34.8. The Kier molecular flexibility index (Phi) is 6.40. The lowest BCUT2D eigenvalue weighted by Gasteiger charge is -2.67. The van der Waals surface area contributed by atoms with Crippen LogP contribution in [0, 0.1) is 17.3 Å². The van der Waals surface area contributed by atoms with Gasteiger partial charge in [0.1, 0.15) is 0 Å². The highest BCUT2D eigenvalue weighted by Crippen LogP contribution is 2.68. The first-order valence-electron chi connectivity index (χ1n) is 10.3. The number of ether oxygens (including phenoxy) is 6. The number of hydrogen-bond acceptors (Lipinski definition) is 8. The molecule has 0 saturated heterocycles. The summed E-state index contributed by atoms with van der Waals surface area (Å²) in [6, 6.07) is 0. The van der Waals surface area contributed by atoms with E-state index in [1.807, 2.05) is 19.1 Å². The third kappa shape index (κ3) is 2.55. The summed E-state index contributed by atoms with van der Waals surface area (Å²) >= 11 is 0. The summed E-state index contributed by atoms with van der Waals surface area (Å²) in [5, 5.41) is 0. The van der Waals surface area contributed by atoms with E-state index in [4.69, 9.17) is 28.4 Å². The van der Waals surface area contributed by atoms with Crippen molar-refractivity contribution in [3.8, 4) is 0 Å². The first-order chi connectivity index (χ1) is 15.3. The number of ketones is 2. The lowest BCUT2D eigenvalue weighted by Crippen LogP contribution is -2.81. The lowest BCUT2D eigenvalue weighted by atomic mass is 9.41. The van der Waals surface area contributed by atoms with E-state index in [-0.39, 0.29) is 12.2 Å². The number of carbonyl (C=O) groups is 2. The monoisotopic (exact) mass is 448 g/mol. The van der Waals surface area contributed by atoms with E-state index in [0.29, 0.717) is 5.57 Å². The van der Waals surface area contributed by atoms with Crippen molar-refractivity contribution in [1.29, 1.82) is 0 Å². The molecule has 8 nitrogen and oxygen atoms in total. The Hall–Kier alpha value is -2.10. The zero-order chi connectivity index (χ0) is 23.9. The topological polar surface area (TPSA) is 89.5 Å². The van der Waals surface area contributed by atoms with E-state index in [9.17, 15) is 9.59 Å². The van der Waals surface area contributed by atoms with Gasteiger partial charge in [-0.3, -0.25) is 9.59 Å². The van der Waals surface area contributed by atoms with Crippen LogP contribution in [0.4, 0.5) is 0 Å². The van der Waals surface area contributed by atoms with Crippen LogP contribution >= 0.6 is 0 Å². The molecule has 0 aromatic carbocycles. The largest absolute Gasteiger partial charge is 0.493 e. The Labute approximate surface area is 188 Å². The fraction of sp³-hybridized carbons (Fsp3) is 0.583. The second-order valence-electron chi connectivity index (χ2n) is 8.10. The molecule has 0 aromatic heterocycles. The van der Waals surface area contributed by atoms with Gasteiger partial charge in [-0.15, -0.1) is 6.58 Å². The van der Waals surface area contributed by atoms with Gasteiger partial charge < -0.3 is 28.4 Å². The third-order valence-corrected chi connectivity index (χ3v) is 7.31. The fourth-order valence-corrected chi connectivity index (χ4v) is 6.12. The van der Waals surface area contributed by atoms with E-state index in [2.05, 4.69) is 6.58 Å². The van der Waals surface area contributed by atoms with Crippen LogP contribution in [0.3, 0.4) is 0 Å². The third-order valence-electron chi connectivity index (χ3n) is 7.31. The minimum absolute atomic E-state index is 0.0185. The summed E-state index contributed by atoms with van der Waals surface area (Å²) in [7, 11) is 8.42. The number of allylic oxidation sites excluding steroid dienone is 3. The molecule has 1 saturated carbocycles. The van der Waals surface area contributed by atoms with Crippen molar-refractivity contribution in [3.63, 3.8) is 0 Å². The zero-order valence-electron chi connectivity index (χ0n) is 19.7. The van der Waals surface area contributed by atoms with Gasteiger partial charge in [0.15, 0.2) is 11.4 Å². The van der Waals surface area contributed by atoms with Crippen LogP contribution in [-0.4, -0.2) is 71.4 Å². The number of rotatable bonds is 9. The van der Waals surface area contributed by atoms with Gasteiger partial charge in [0.25, 0.3) is 5.78 Å². The van der Waals surface area contributed by atoms with Crippen LogP contribution < -0.4 is 0 Å². The van der Waals surface area contributed by atoms with Crippen LogP contribution in [0.5, 0.6) is 0 Å². The predicted molar refractivity (Wildman–Crippen MR) is 115 cm³/mol. The molecule has 4 aliphatic rings. The smallest absolute Gasteiger partial charge is 0.256 e. The molecule has 1 fully saturated rings. The van der Waals surface area contributed by atoms with E-state index in [0.717, 1.165) is 0 Å². The van der Waals surface area contributed by atoms with Gasteiger partial charge in [-0.2, -0.15) is 0 Å². The van der Waals surface area contributed by atoms with Gasteiger partial charge >= 0.3 is 0 Å². The molecule has 4 unspecified atom stereocenters. The van der Waals surface area contributed by atoms with Gasteiger partial charge in [-0.1, -0.05) is 18.2 Å². The summed E-state index contributed by atoms with van der Waals surface area (Å²) in [6.45, 7) is 5.77. The van der Waals surface area contributed by atoms with Crippen LogP contribution in [0.2, 0.25) is 0 Å². The predicted octanol–water partition coefficient (Wildman–Crippen LogP) is 2.36. The minimum Gasteiger partial charge on any atom is -0.493 e. The Balaban J connectivity index is 2.59. The maximum atomic E-state index is 14.2. The van der Waals surface area contributed by atoms with E-state index in [1.165, 1.54) is 42.7 Å². The molecule has 0 radical (unpaired) electrons. The van der Waals surface area contributed by atoms with Crippen molar-refractivity contribution in [2.45, 2.75) is 30.5 Å². The zero-order valence-corrected chi connectivity index (χ0v) is 19.7. The number of hydrogen-bond donors (Lipinski definition) is 0. The Morgan fingerprint density at radius 2 is 1.53 bits per heavy atom. The normalized spacial score (nSPS) is 34.8. The molecule has 0 aromatic rings. The Morgan fingerprint density at radius 3 is 1.97 bits per heavy atom. The fourth-order valence-electron chi connectivity index (χ4n) is 6.12. The highest BCUT2D eigenvalue weighted by atomic mass is 16.7. The van der Waals surface area contributed by atoms with Gasteiger partial charge in [0.2, 0.25) is 17.4 Å². The highest BCUT2D eigenvalue weighted by Gasteiger charge is 2.82. The van der Waals surface area contributed by atoms with Gasteiger partial charge in [-0.05, 0) is 31.1 Å². The average Bonchev–Trinajstić information content (AvgIpc) is 2.81. The second kappa shape index (κ2) is 8.35. The van der Waals surface area contributed by atoms with Crippen molar-refractivity contribution in [2.24, 2.45) is 17.3 Å². The lowest BCUT2D eigenvalue weighted by molar-refractivity contribution is -0.329. The molecule has 2 bridgehead atoms. The summed E-state index contributed by atoms with van der Waals surface area (Å²) in [6.07, 6.45) is 9.09. The van der Waals surface area contributed by atoms with Crippen molar-refractivity contribution >= 4 is 11.6 Å². The van der Waals surface area contributed by atoms with Crippen molar-refractivity contribution in [2.75, 3.05) is 42.7 Å². The second-order valence-corrected chi connectivity index (χ2v) is 8.10. The van der Waals surface area contributed by atoms with Crippen LogP contribution in [0.1, 0.15) is 13.3 Å². The molecule has 4 rings (SSSR count). The Morgan fingerprint density at radius 1 is 0.938 bits per heavy atom. The van der Waals surface area contributed by atoms with Crippen molar-refractivity contribution in [3.05, 3.63) is 48.3 Å². The number of fused-ring (bicyclic) bond motifs is 1. The molecular formula is C24H32O8. The minimum atomic E-state index is -1.80. The van der Waals surface area contributed by atoms with E-state index >= 15 is 0 Å². The first kappa shape index (κ1) is 24.5. The maximum absolute atomic E-state index is 14.2. The van der Waals surface area contributed by atoms with Crippen LogP contribution in [0.15, 0.2) is 48.3 Å². The molecule has 0 spiro atoms. The first-order valence-corrected chi connectivity index (χ1v) is 10.3. The number of methoxy groups -OCH3 is 6. The van der Waals surface area contributed by atoms with Gasteiger partial charge in [0.05, 0.1) is 13.0 Å². The molecule has 32 heavy (non-hydrogen) atoms. The molecule has 4 aliphatic carbocycles. The molecule has 176 valence electrons. The molecule has 0 N–H and O–H groups in total. The standard InChI is InChI=1S/C24H32O8/c1-9-11-15-13-22(28-4)20(26)23(29-5,30-6)17(15)18-21(22,12-10-2)14-16(27-3)19(25)24(18,31-7)32-8/h9-11,13-14,17-18H,2,12H2,1,3-8H3. The Bertz CT molecular complexity index is 892. The van der Waals surface area contributed by atoms with Crippen LogP contribution in [0.25, 0.3) is 0 Å². The number of carbonyl (C=O) groups excluding carboxylic acids is 2. The highest BCUT2D eigenvalue weighted by molar-refractivity contribution is 6.05. The number of Topliss-reactive ketones (excluding diaryl/α,β-unsaturated/α-hetero) is 2. The molecule has 0 amide bonds. The molecule has 8 heteroatoms. The summed E-state index contributed by atoms with van der Waals surface area (Å²) in [5.41, 5.74) is -2.01. The summed E-state index contributed by atoms with van der Waals surface area (Å²) in [4.78, 5) is 27.8. The summed E-state index contributed by atoms with van der Waals surface area (Å²) in [5.74, 6) is -6.00. The van der Waals surface area contributed by atoms with Crippen molar-refractivity contribution in [1.82, 2.24) is 0 Å². The molecule has 0 heterocycles. The average molecular weight is 449 g/mol. The molecule has 4 atom stereocenters. The van der Waals surface area contributed by atoms with Gasteiger partial charge in [0, 0.05) is 46.9 Å². The SMILES string of the molecule is C=CCC12C=C(OC)C(=O)C(OC)(OC)C1C1C(C=CC)=CC2(OC)C(=O)C1(OC)OC. The quantitative estimate of drug-likeness (QED) is 0.392. The van der Waals surface area contributed by atoms with E-state index < -0.39 is 46.0 Å². The van der Waals surface area contributed by atoms with Crippen molar-refractivity contribution < 1.29 is 38.0 Å². The van der Waals surface area contributed by atoms with Gasteiger partial charge in [-0.25, -0.2) is 0 Å². The maximum Gasteiger partial charge on any atom is 0.256 e.